The Balaban J connectivity index is 1.57. The van der Waals surface area contributed by atoms with Crippen molar-refractivity contribution in [1.82, 2.24) is 25.0 Å². The van der Waals surface area contributed by atoms with E-state index in [9.17, 15) is 10.1 Å². The number of para-hydroxylation sites is 1. The second-order valence-electron chi connectivity index (χ2n) is 6.24. The molecule has 4 aromatic rings. The van der Waals surface area contributed by atoms with E-state index in [4.69, 9.17) is 0 Å². The Kier molecular flexibility index (Phi) is 4.21. The van der Waals surface area contributed by atoms with Crippen molar-refractivity contribution < 1.29 is 4.79 Å². The average Bonchev–Trinajstić information content (AvgIpc) is 3.40. The molecule has 0 bridgehead atoms. The summed E-state index contributed by atoms with van der Waals surface area (Å²) in [5.74, 6) is -0.220. The predicted octanol–water partition coefficient (Wildman–Crippen LogP) is 3.00. The topological polar surface area (TPSA) is 128 Å². The molecule has 1 aromatic carbocycles. The number of carbonyl (C=O) groups is 1. The largest absolute Gasteiger partial charge is 0.360 e. The van der Waals surface area contributed by atoms with Crippen LogP contribution in [0.1, 0.15) is 16.2 Å². The molecule has 0 amide bonds. The lowest BCUT2D eigenvalue weighted by Gasteiger charge is -2.01. The van der Waals surface area contributed by atoms with Gasteiger partial charge < -0.3 is 4.98 Å². The van der Waals surface area contributed by atoms with Crippen LogP contribution in [-0.2, 0) is 0 Å². The fraction of sp³-hybridized carbons (Fsp3) is 0.105. The maximum Gasteiger partial charge on any atom is 0.309 e. The van der Waals surface area contributed by atoms with E-state index in [1.807, 2.05) is 30.5 Å². The highest BCUT2D eigenvalue weighted by Crippen LogP contribution is 2.28. The minimum absolute atomic E-state index is 0.317. The number of hydrazone groups is 1. The number of rotatable bonds is 4. The first-order valence-corrected chi connectivity index (χ1v) is 8.50. The third-order valence-electron chi connectivity index (χ3n) is 4.25. The highest BCUT2D eigenvalue weighted by Gasteiger charge is 2.17. The monoisotopic (exact) mass is 372 g/mol. The van der Waals surface area contributed by atoms with E-state index in [1.54, 1.807) is 32.0 Å². The molecule has 0 aliphatic rings. The molecule has 0 radical (unpaired) electrons. The molecule has 3 heterocycles. The van der Waals surface area contributed by atoms with Crippen LogP contribution in [0.3, 0.4) is 0 Å². The average molecular weight is 372 g/mol. The Bertz CT molecular complexity index is 1250. The van der Waals surface area contributed by atoms with Gasteiger partial charge in [-0.25, -0.2) is 0 Å². The lowest BCUT2D eigenvalue weighted by molar-refractivity contribution is 0.0974. The number of hydrogen-bond acceptors (Lipinski definition) is 6. The van der Waals surface area contributed by atoms with Crippen molar-refractivity contribution >= 4 is 28.3 Å². The lowest BCUT2D eigenvalue weighted by atomic mass is 10.1. The SMILES string of the molecule is Cc1cc(C)n(C(=O)/C(C#N)=N\Nc2cc(-c3c[nH]c4ccccc34)[nH]n2)n1. The molecule has 138 valence electrons. The van der Waals surface area contributed by atoms with E-state index in [0.29, 0.717) is 17.2 Å². The van der Waals surface area contributed by atoms with Gasteiger partial charge in [0.25, 0.3) is 0 Å². The zero-order valence-corrected chi connectivity index (χ0v) is 15.2. The summed E-state index contributed by atoms with van der Waals surface area (Å²) in [4.78, 5) is 15.6. The zero-order valence-electron chi connectivity index (χ0n) is 15.2. The maximum absolute atomic E-state index is 12.4. The van der Waals surface area contributed by atoms with Gasteiger partial charge in [0.15, 0.2) is 5.82 Å². The van der Waals surface area contributed by atoms with Crippen molar-refractivity contribution in [2.45, 2.75) is 13.8 Å². The summed E-state index contributed by atoms with van der Waals surface area (Å²) >= 11 is 0. The molecule has 0 unspecified atom stereocenters. The Morgan fingerprint density at radius 2 is 2.11 bits per heavy atom. The number of aryl methyl sites for hydroxylation is 2. The predicted molar refractivity (Wildman–Crippen MR) is 105 cm³/mol. The quantitative estimate of drug-likeness (QED) is 0.375. The number of H-pyrrole nitrogens is 2. The van der Waals surface area contributed by atoms with Gasteiger partial charge in [-0.3, -0.25) is 15.3 Å². The molecule has 9 nitrogen and oxygen atoms in total. The molecule has 0 spiro atoms. The van der Waals surface area contributed by atoms with E-state index in [2.05, 4.69) is 30.8 Å². The van der Waals surface area contributed by atoms with Crippen LogP contribution in [0.25, 0.3) is 22.2 Å². The van der Waals surface area contributed by atoms with Crippen molar-refractivity contribution in [2.75, 3.05) is 5.43 Å². The van der Waals surface area contributed by atoms with Gasteiger partial charge in [-0.1, -0.05) is 18.2 Å². The molecule has 3 N–H and O–H groups in total. The molecule has 0 fully saturated rings. The van der Waals surface area contributed by atoms with Crippen molar-refractivity contribution in [2.24, 2.45) is 5.10 Å². The Morgan fingerprint density at radius 3 is 2.86 bits per heavy atom. The summed E-state index contributed by atoms with van der Waals surface area (Å²) in [6, 6.07) is 13.2. The fourth-order valence-corrected chi connectivity index (χ4v) is 2.98. The number of nitriles is 1. The number of carbonyl (C=O) groups excluding carboxylic acids is 1. The summed E-state index contributed by atoms with van der Waals surface area (Å²) in [7, 11) is 0. The van der Waals surface area contributed by atoms with Crippen LogP contribution >= 0.6 is 0 Å². The van der Waals surface area contributed by atoms with E-state index >= 15 is 0 Å². The molecule has 4 rings (SSSR count). The molecular weight excluding hydrogens is 356 g/mol. The van der Waals surface area contributed by atoms with Gasteiger partial charge in [0.1, 0.15) is 6.07 Å². The first-order chi connectivity index (χ1) is 13.6. The summed E-state index contributed by atoms with van der Waals surface area (Å²) in [6.45, 7) is 3.51. The highest BCUT2D eigenvalue weighted by molar-refractivity contribution is 6.45. The Hall–Kier alpha value is -4.19. The molecule has 0 atom stereocenters. The second kappa shape index (κ2) is 6.85. The smallest absolute Gasteiger partial charge is 0.309 e. The van der Waals surface area contributed by atoms with E-state index < -0.39 is 5.91 Å². The second-order valence-corrected chi connectivity index (χ2v) is 6.24. The number of hydrogen-bond donors (Lipinski definition) is 3. The van der Waals surface area contributed by atoms with Gasteiger partial charge in [0.05, 0.1) is 11.4 Å². The summed E-state index contributed by atoms with van der Waals surface area (Å²) in [5.41, 5.74) is 6.41. The van der Waals surface area contributed by atoms with Crippen molar-refractivity contribution in [1.29, 1.82) is 5.26 Å². The minimum atomic E-state index is -0.604. The van der Waals surface area contributed by atoms with Gasteiger partial charge in [0.2, 0.25) is 5.71 Å². The number of nitrogens with one attached hydrogen (secondary N) is 3. The van der Waals surface area contributed by atoms with Gasteiger partial charge in [-0.15, -0.1) is 0 Å². The summed E-state index contributed by atoms with van der Waals surface area (Å²) < 4.78 is 1.15. The van der Waals surface area contributed by atoms with Crippen LogP contribution in [0.5, 0.6) is 0 Å². The van der Waals surface area contributed by atoms with Gasteiger partial charge in [0, 0.05) is 34.4 Å². The van der Waals surface area contributed by atoms with Crippen LogP contribution in [0.2, 0.25) is 0 Å². The van der Waals surface area contributed by atoms with Crippen LogP contribution in [0.15, 0.2) is 47.7 Å². The van der Waals surface area contributed by atoms with Crippen LogP contribution in [-0.4, -0.2) is 36.6 Å². The number of nitrogens with zero attached hydrogens (tertiary/aromatic N) is 5. The third-order valence-corrected chi connectivity index (χ3v) is 4.25. The number of benzene rings is 1. The zero-order chi connectivity index (χ0) is 19.7. The first-order valence-electron chi connectivity index (χ1n) is 8.50. The third kappa shape index (κ3) is 3.03. The van der Waals surface area contributed by atoms with Crippen LogP contribution in [0.4, 0.5) is 5.82 Å². The van der Waals surface area contributed by atoms with Gasteiger partial charge in [-0.2, -0.15) is 25.2 Å². The molecule has 0 aliphatic carbocycles. The van der Waals surface area contributed by atoms with E-state index in [0.717, 1.165) is 26.8 Å². The lowest BCUT2D eigenvalue weighted by Crippen LogP contribution is -2.23. The van der Waals surface area contributed by atoms with E-state index in [-0.39, 0.29) is 5.71 Å². The maximum atomic E-state index is 12.4. The molecular formula is C19H16N8O. The van der Waals surface area contributed by atoms with Crippen LogP contribution in [0, 0.1) is 25.2 Å². The summed E-state index contributed by atoms with van der Waals surface area (Å²) in [5, 5.41) is 25.4. The van der Waals surface area contributed by atoms with Crippen molar-refractivity contribution in [3.8, 4) is 17.3 Å². The molecule has 3 aromatic heterocycles. The highest BCUT2D eigenvalue weighted by atomic mass is 16.2. The number of anilines is 1. The Labute approximate surface area is 159 Å². The van der Waals surface area contributed by atoms with Gasteiger partial charge >= 0.3 is 5.91 Å². The molecule has 9 heteroatoms. The molecule has 0 saturated heterocycles. The normalized spacial score (nSPS) is 11.5. The Morgan fingerprint density at radius 1 is 1.29 bits per heavy atom. The van der Waals surface area contributed by atoms with E-state index in [1.165, 1.54) is 0 Å². The number of fused-ring (bicyclic) bond motifs is 1. The van der Waals surface area contributed by atoms with Crippen molar-refractivity contribution in [3.63, 3.8) is 0 Å². The van der Waals surface area contributed by atoms with Crippen LogP contribution < -0.4 is 5.43 Å². The van der Waals surface area contributed by atoms with Gasteiger partial charge in [-0.05, 0) is 26.0 Å². The van der Waals surface area contributed by atoms with Crippen molar-refractivity contribution in [3.05, 3.63) is 54.0 Å². The first kappa shape index (κ1) is 17.2. The minimum Gasteiger partial charge on any atom is -0.360 e. The molecule has 28 heavy (non-hydrogen) atoms. The molecule has 0 saturated carbocycles. The number of aromatic nitrogens is 5. The number of aromatic amines is 2. The fourth-order valence-electron chi connectivity index (χ4n) is 2.98. The summed E-state index contributed by atoms with van der Waals surface area (Å²) in [6.07, 6.45) is 1.89. The standard InChI is InChI=1S/C19H16N8O/c1-11-7-12(2)27(26-11)19(28)17(9-20)23-25-18-8-16(22-24-18)14-10-21-15-6-4-3-5-13(14)15/h3-8,10,21H,1-2H3,(H2,22,24,25)/b23-17-. The molecule has 0 aliphatic heterocycles.